The first-order valence-electron chi connectivity index (χ1n) is 4.29. The molecule has 96 valence electrons. The lowest BCUT2D eigenvalue weighted by Gasteiger charge is -2.09. The molecule has 0 amide bonds. The van der Waals surface area contributed by atoms with E-state index in [0.717, 1.165) is 12.3 Å². The Kier molecular flexibility index (Phi) is 3.78. The van der Waals surface area contributed by atoms with Crippen LogP contribution < -0.4 is 0 Å². The molecule has 0 heterocycles. The quantitative estimate of drug-likeness (QED) is 0.626. The Morgan fingerprint density at radius 2 is 1.88 bits per heavy atom. The Bertz CT molecular complexity index is 507. The molecule has 0 atom stereocenters. The van der Waals surface area contributed by atoms with Crippen molar-refractivity contribution < 1.29 is 30.2 Å². The van der Waals surface area contributed by atoms with Gasteiger partial charge in [0.1, 0.15) is 5.82 Å². The van der Waals surface area contributed by atoms with Crippen molar-refractivity contribution in [3.63, 3.8) is 0 Å². The Hall–Kier alpha value is -1.15. The summed E-state index contributed by atoms with van der Waals surface area (Å²) >= 11 is 0. The van der Waals surface area contributed by atoms with Gasteiger partial charge in [-0.25, -0.2) is 4.39 Å². The minimum Gasteiger partial charge on any atom is -0.265 e. The van der Waals surface area contributed by atoms with E-state index in [1.807, 2.05) is 0 Å². The highest BCUT2D eigenvalue weighted by Gasteiger charge is 2.34. The van der Waals surface area contributed by atoms with Gasteiger partial charge in [-0.2, -0.15) is 21.6 Å². The van der Waals surface area contributed by atoms with Crippen molar-refractivity contribution in [3.05, 3.63) is 35.1 Å². The molecule has 0 aliphatic carbocycles. The van der Waals surface area contributed by atoms with Crippen molar-refractivity contribution in [2.75, 3.05) is 6.26 Å². The average Bonchev–Trinajstić information content (AvgIpc) is 2.13. The maximum Gasteiger partial charge on any atom is 0.419 e. The maximum atomic E-state index is 12.9. The molecule has 0 aliphatic rings. The van der Waals surface area contributed by atoms with Crippen molar-refractivity contribution in [3.8, 4) is 0 Å². The molecule has 0 saturated carbocycles. The van der Waals surface area contributed by atoms with E-state index in [1.54, 1.807) is 0 Å². The van der Waals surface area contributed by atoms with Gasteiger partial charge in [-0.05, 0) is 17.7 Å². The second-order valence-corrected chi connectivity index (χ2v) is 4.92. The van der Waals surface area contributed by atoms with Crippen LogP contribution in [0.3, 0.4) is 0 Å². The van der Waals surface area contributed by atoms with E-state index in [2.05, 4.69) is 4.18 Å². The van der Waals surface area contributed by atoms with E-state index < -0.39 is 34.3 Å². The standard InChI is InChI=1S/C9H8F4O3S/c1-17(14,15)16-5-6-2-3-8(10)7(4-6)9(11,12)13/h2-4H,5H2,1H3. The number of alkyl halides is 3. The fourth-order valence-corrected chi connectivity index (χ4v) is 1.40. The lowest BCUT2D eigenvalue weighted by atomic mass is 10.1. The fraction of sp³-hybridized carbons (Fsp3) is 0.333. The smallest absolute Gasteiger partial charge is 0.265 e. The van der Waals surface area contributed by atoms with Crippen LogP contribution in [0.4, 0.5) is 17.6 Å². The van der Waals surface area contributed by atoms with Crippen LogP contribution in [-0.4, -0.2) is 14.7 Å². The molecule has 0 aromatic heterocycles. The summed E-state index contributed by atoms with van der Waals surface area (Å²) in [5.74, 6) is -1.42. The highest BCUT2D eigenvalue weighted by atomic mass is 32.2. The Balaban J connectivity index is 2.98. The molecule has 0 radical (unpaired) electrons. The molecule has 0 fully saturated rings. The Labute approximate surface area is 95.1 Å². The highest BCUT2D eigenvalue weighted by molar-refractivity contribution is 7.85. The summed E-state index contributed by atoms with van der Waals surface area (Å²) in [4.78, 5) is 0. The zero-order valence-corrected chi connectivity index (χ0v) is 9.40. The van der Waals surface area contributed by atoms with Gasteiger partial charge in [0.25, 0.3) is 10.1 Å². The molecule has 0 N–H and O–H groups in total. The SMILES string of the molecule is CS(=O)(=O)OCc1ccc(F)c(C(F)(F)F)c1. The lowest BCUT2D eigenvalue weighted by molar-refractivity contribution is -0.140. The van der Waals surface area contributed by atoms with Gasteiger partial charge in [0.05, 0.1) is 18.4 Å². The number of hydrogen-bond acceptors (Lipinski definition) is 3. The molecule has 0 saturated heterocycles. The zero-order valence-electron chi connectivity index (χ0n) is 8.58. The second-order valence-electron chi connectivity index (χ2n) is 3.28. The number of benzene rings is 1. The first-order chi connectivity index (χ1) is 7.59. The maximum absolute atomic E-state index is 12.9. The topological polar surface area (TPSA) is 43.4 Å². The molecule has 17 heavy (non-hydrogen) atoms. The first-order valence-corrected chi connectivity index (χ1v) is 6.11. The van der Waals surface area contributed by atoms with E-state index in [0.29, 0.717) is 12.1 Å². The molecule has 0 aliphatic heterocycles. The van der Waals surface area contributed by atoms with Crippen molar-refractivity contribution in [1.29, 1.82) is 0 Å². The van der Waals surface area contributed by atoms with Crippen LogP contribution in [0.1, 0.15) is 11.1 Å². The monoisotopic (exact) mass is 272 g/mol. The van der Waals surface area contributed by atoms with E-state index >= 15 is 0 Å². The van der Waals surface area contributed by atoms with Crippen LogP contribution in [-0.2, 0) is 27.1 Å². The molecular weight excluding hydrogens is 264 g/mol. The number of rotatable bonds is 3. The summed E-state index contributed by atoms with van der Waals surface area (Å²) in [7, 11) is -3.76. The minimum absolute atomic E-state index is 0.0795. The predicted molar refractivity (Wildman–Crippen MR) is 51.0 cm³/mol. The molecule has 8 heteroatoms. The molecule has 0 spiro atoms. The van der Waals surface area contributed by atoms with Crippen LogP contribution >= 0.6 is 0 Å². The average molecular weight is 272 g/mol. The summed E-state index contributed by atoms with van der Waals surface area (Å²) < 4.78 is 75.3. The third-order valence-electron chi connectivity index (χ3n) is 1.78. The molecule has 0 bridgehead atoms. The van der Waals surface area contributed by atoms with Gasteiger partial charge >= 0.3 is 6.18 Å². The van der Waals surface area contributed by atoms with Crippen molar-refractivity contribution >= 4 is 10.1 Å². The molecule has 1 aromatic rings. The van der Waals surface area contributed by atoms with Gasteiger partial charge < -0.3 is 0 Å². The van der Waals surface area contributed by atoms with E-state index in [1.165, 1.54) is 0 Å². The Morgan fingerprint density at radius 1 is 1.29 bits per heavy atom. The summed E-state index contributed by atoms with van der Waals surface area (Å²) in [6.07, 6.45) is -4.06. The van der Waals surface area contributed by atoms with Gasteiger partial charge in [0, 0.05) is 0 Å². The predicted octanol–water partition coefficient (Wildman–Crippen LogP) is 2.32. The summed E-state index contributed by atoms with van der Waals surface area (Å²) in [6.45, 7) is -0.567. The second kappa shape index (κ2) is 4.61. The van der Waals surface area contributed by atoms with Gasteiger partial charge in [-0.1, -0.05) is 6.07 Å². The molecule has 1 rings (SSSR count). The van der Waals surface area contributed by atoms with Crippen LogP contribution in [0.15, 0.2) is 18.2 Å². The van der Waals surface area contributed by atoms with Crippen LogP contribution in [0.25, 0.3) is 0 Å². The Morgan fingerprint density at radius 3 is 2.35 bits per heavy atom. The fourth-order valence-electron chi connectivity index (χ4n) is 1.05. The normalized spacial score (nSPS) is 12.8. The first kappa shape index (κ1) is 13.9. The van der Waals surface area contributed by atoms with Crippen molar-refractivity contribution in [1.82, 2.24) is 0 Å². The van der Waals surface area contributed by atoms with Crippen LogP contribution in [0.5, 0.6) is 0 Å². The van der Waals surface area contributed by atoms with E-state index in [-0.39, 0.29) is 5.56 Å². The molecular formula is C9H8F4O3S. The van der Waals surface area contributed by atoms with Crippen molar-refractivity contribution in [2.45, 2.75) is 12.8 Å². The van der Waals surface area contributed by atoms with Gasteiger partial charge in [0.2, 0.25) is 0 Å². The van der Waals surface area contributed by atoms with E-state index in [9.17, 15) is 26.0 Å². The summed E-state index contributed by atoms with van der Waals surface area (Å²) in [5, 5.41) is 0. The highest BCUT2D eigenvalue weighted by Crippen LogP contribution is 2.32. The third kappa shape index (κ3) is 4.31. The third-order valence-corrected chi connectivity index (χ3v) is 2.32. The number of hydrogen-bond donors (Lipinski definition) is 0. The number of halogens is 4. The van der Waals surface area contributed by atoms with Gasteiger partial charge in [-0.3, -0.25) is 4.18 Å². The molecule has 0 unspecified atom stereocenters. The molecule has 1 aromatic carbocycles. The molecule has 3 nitrogen and oxygen atoms in total. The zero-order chi connectivity index (χ0) is 13.3. The van der Waals surface area contributed by atoms with Gasteiger partial charge in [0.15, 0.2) is 0 Å². The largest absolute Gasteiger partial charge is 0.419 e. The van der Waals surface area contributed by atoms with Crippen LogP contribution in [0, 0.1) is 5.82 Å². The van der Waals surface area contributed by atoms with E-state index in [4.69, 9.17) is 0 Å². The van der Waals surface area contributed by atoms with Crippen molar-refractivity contribution in [2.24, 2.45) is 0 Å². The summed E-state index contributed by atoms with van der Waals surface area (Å²) in [6, 6.07) is 2.15. The van der Waals surface area contributed by atoms with Gasteiger partial charge in [-0.15, -0.1) is 0 Å². The lowest BCUT2D eigenvalue weighted by Crippen LogP contribution is -2.10. The van der Waals surface area contributed by atoms with Crippen LogP contribution in [0.2, 0.25) is 0 Å². The minimum atomic E-state index is -4.83. The summed E-state index contributed by atoms with van der Waals surface area (Å²) in [5.41, 5.74) is -1.53.